The molecule has 7 heteroatoms. The molecule has 0 radical (unpaired) electrons. The van der Waals surface area contributed by atoms with Crippen LogP contribution in [0.3, 0.4) is 0 Å². The van der Waals surface area contributed by atoms with Crippen LogP contribution in [0.4, 0.5) is 17.6 Å². The van der Waals surface area contributed by atoms with Crippen molar-refractivity contribution in [3.05, 3.63) is 53.3 Å². The number of carbonyl (C=O) groups is 1. The minimum Gasteiger partial charge on any atom is -0.508 e. The van der Waals surface area contributed by atoms with Gasteiger partial charge in [0.05, 0.1) is 11.1 Å². The van der Waals surface area contributed by atoms with Crippen LogP contribution < -0.4 is 0 Å². The van der Waals surface area contributed by atoms with E-state index < -0.39 is 29.3 Å². The van der Waals surface area contributed by atoms with E-state index in [-0.39, 0.29) is 16.7 Å². The van der Waals surface area contributed by atoms with Gasteiger partial charge < -0.3 is 10.2 Å². The third-order valence-electron chi connectivity index (χ3n) is 2.77. The van der Waals surface area contributed by atoms with Gasteiger partial charge in [-0.05, 0) is 42.0 Å². The van der Waals surface area contributed by atoms with Gasteiger partial charge in [0.25, 0.3) is 0 Å². The van der Waals surface area contributed by atoms with E-state index in [2.05, 4.69) is 0 Å². The molecule has 0 amide bonds. The number of rotatable bonds is 2. The van der Waals surface area contributed by atoms with Crippen LogP contribution in [0.25, 0.3) is 11.1 Å². The van der Waals surface area contributed by atoms with Crippen molar-refractivity contribution >= 4 is 5.97 Å². The highest BCUT2D eigenvalue weighted by molar-refractivity contribution is 5.89. The van der Waals surface area contributed by atoms with Crippen molar-refractivity contribution < 1.29 is 32.6 Å². The predicted octanol–water partition coefficient (Wildman–Crippen LogP) is 3.92. The standard InChI is InChI=1S/C14H8F4O3/c15-12-2-1-7(13(20)21)5-11(12)8-3-9(14(16,17)18)6-10(19)4-8/h1-6,19H,(H,20,21). The van der Waals surface area contributed by atoms with E-state index in [1.54, 1.807) is 0 Å². The molecule has 3 nitrogen and oxygen atoms in total. The lowest BCUT2D eigenvalue weighted by molar-refractivity contribution is -0.137. The zero-order valence-corrected chi connectivity index (χ0v) is 10.3. The van der Waals surface area contributed by atoms with Crippen LogP contribution in [0.1, 0.15) is 15.9 Å². The first-order chi connectivity index (χ1) is 9.68. The number of phenols is 1. The smallest absolute Gasteiger partial charge is 0.416 e. The summed E-state index contributed by atoms with van der Waals surface area (Å²) in [4.78, 5) is 10.8. The van der Waals surface area contributed by atoms with Gasteiger partial charge in [0, 0.05) is 5.56 Å². The summed E-state index contributed by atoms with van der Waals surface area (Å²) in [6, 6.07) is 4.82. The molecule has 0 aliphatic carbocycles. The van der Waals surface area contributed by atoms with Crippen molar-refractivity contribution in [1.29, 1.82) is 0 Å². The molecule has 0 unspecified atom stereocenters. The minimum absolute atomic E-state index is 0.261. The molecule has 2 rings (SSSR count). The van der Waals surface area contributed by atoms with Crippen LogP contribution in [0.2, 0.25) is 0 Å². The van der Waals surface area contributed by atoms with Crippen molar-refractivity contribution in [2.24, 2.45) is 0 Å². The second-order valence-corrected chi connectivity index (χ2v) is 4.27. The molecule has 0 saturated heterocycles. The topological polar surface area (TPSA) is 57.5 Å². The monoisotopic (exact) mass is 300 g/mol. The fraction of sp³-hybridized carbons (Fsp3) is 0.0714. The van der Waals surface area contributed by atoms with Gasteiger partial charge in [-0.15, -0.1) is 0 Å². The van der Waals surface area contributed by atoms with E-state index in [1.165, 1.54) is 0 Å². The van der Waals surface area contributed by atoms with E-state index in [1.807, 2.05) is 0 Å². The molecule has 0 spiro atoms. The maximum Gasteiger partial charge on any atom is 0.416 e. The Bertz CT molecular complexity index is 708. The van der Waals surface area contributed by atoms with Crippen LogP contribution in [-0.4, -0.2) is 16.2 Å². The molecular formula is C14H8F4O3. The van der Waals surface area contributed by atoms with Gasteiger partial charge in [-0.1, -0.05) is 0 Å². The Morgan fingerprint density at radius 3 is 2.29 bits per heavy atom. The maximum atomic E-state index is 13.7. The summed E-state index contributed by atoms with van der Waals surface area (Å²) in [6.45, 7) is 0. The van der Waals surface area contributed by atoms with Crippen LogP contribution >= 0.6 is 0 Å². The number of halogens is 4. The summed E-state index contributed by atoms with van der Waals surface area (Å²) in [5.74, 6) is -2.92. The number of carboxylic acid groups (broad SMARTS) is 1. The van der Waals surface area contributed by atoms with Crippen LogP contribution in [-0.2, 0) is 6.18 Å². The summed E-state index contributed by atoms with van der Waals surface area (Å²) < 4.78 is 51.7. The maximum absolute atomic E-state index is 13.7. The SMILES string of the molecule is O=C(O)c1ccc(F)c(-c2cc(O)cc(C(F)(F)F)c2)c1. The molecule has 21 heavy (non-hydrogen) atoms. The van der Waals surface area contributed by atoms with Crippen LogP contribution in [0.15, 0.2) is 36.4 Å². The molecule has 0 heterocycles. The first kappa shape index (κ1) is 14.8. The van der Waals surface area contributed by atoms with Gasteiger partial charge >= 0.3 is 12.1 Å². The third-order valence-corrected chi connectivity index (χ3v) is 2.77. The Kier molecular flexibility index (Phi) is 3.59. The lowest BCUT2D eigenvalue weighted by Crippen LogP contribution is -2.05. The van der Waals surface area contributed by atoms with E-state index in [0.29, 0.717) is 12.1 Å². The van der Waals surface area contributed by atoms with Gasteiger partial charge in [0.2, 0.25) is 0 Å². The van der Waals surface area contributed by atoms with Crippen LogP contribution in [0.5, 0.6) is 5.75 Å². The number of carboxylic acids is 1. The predicted molar refractivity (Wildman–Crippen MR) is 65.5 cm³/mol. The summed E-state index contributed by atoms with van der Waals surface area (Å²) in [7, 11) is 0. The Balaban J connectivity index is 2.64. The van der Waals surface area contributed by atoms with Gasteiger partial charge in [0.15, 0.2) is 0 Å². The lowest BCUT2D eigenvalue weighted by atomic mass is 9.99. The highest BCUT2D eigenvalue weighted by atomic mass is 19.4. The van der Waals surface area contributed by atoms with E-state index in [0.717, 1.165) is 24.3 Å². The fourth-order valence-corrected chi connectivity index (χ4v) is 1.81. The molecule has 0 aliphatic rings. The summed E-state index contributed by atoms with van der Waals surface area (Å²) >= 11 is 0. The number of phenolic OH excluding ortho intramolecular Hbond substituents is 1. The third kappa shape index (κ3) is 3.13. The average Bonchev–Trinajstić information content (AvgIpc) is 2.37. The number of hydrogen-bond donors (Lipinski definition) is 2. The molecule has 0 aliphatic heterocycles. The minimum atomic E-state index is -4.71. The normalized spacial score (nSPS) is 11.4. The zero-order valence-electron chi connectivity index (χ0n) is 10.3. The second kappa shape index (κ2) is 5.08. The van der Waals surface area contributed by atoms with Crippen molar-refractivity contribution in [2.75, 3.05) is 0 Å². The van der Waals surface area contributed by atoms with Crippen molar-refractivity contribution in [3.8, 4) is 16.9 Å². The Hall–Kier alpha value is -2.57. The Morgan fingerprint density at radius 1 is 1.05 bits per heavy atom. The van der Waals surface area contributed by atoms with Gasteiger partial charge in [-0.2, -0.15) is 13.2 Å². The molecule has 0 saturated carbocycles. The number of benzene rings is 2. The fourth-order valence-electron chi connectivity index (χ4n) is 1.81. The van der Waals surface area contributed by atoms with Crippen LogP contribution in [0, 0.1) is 5.82 Å². The van der Waals surface area contributed by atoms with Crippen molar-refractivity contribution in [1.82, 2.24) is 0 Å². The molecule has 0 fully saturated rings. The second-order valence-electron chi connectivity index (χ2n) is 4.27. The zero-order chi connectivity index (χ0) is 15.8. The molecule has 0 bridgehead atoms. The molecule has 0 atom stereocenters. The van der Waals surface area contributed by atoms with Gasteiger partial charge in [-0.25, -0.2) is 9.18 Å². The first-order valence-corrected chi connectivity index (χ1v) is 5.63. The van der Waals surface area contributed by atoms with Gasteiger partial charge in [-0.3, -0.25) is 0 Å². The molecule has 0 aromatic heterocycles. The number of hydrogen-bond acceptors (Lipinski definition) is 2. The largest absolute Gasteiger partial charge is 0.508 e. The number of aromatic hydroxyl groups is 1. The molecule has 2 aromatic rings. The van der Waals surface area contributed by atoms with E-state index in [9.17, 15) is 27.5 Å². The summed E-state index contributed by atoms with van der Waals surface area (Å²) in [5, 5.41) is 18.2. The molecule has 110 valence electrons. The lowest BCUT2D eigenvalue weighted by Gasteiger charge is -2.11. The number of alkyl halides is 3. The number of aromatic carboxylic acids is 1. The first-order valence-electron chi connectivity index (χ1n) is 5.63. The summed E-state index contributed by atoms with van der Waals surface area (Å²) in [6.07, 6.45) is -4.71. The Morgan fingerprint density at radius 2 is 1.71 bits per heavy atom. The van der Waals surface area contributed by atoms with E-state index in [4.69, 9.17) is 5.11 Å². The van der Waals surface area contributed by atoms with Crippen molar-refractivity contribution in [2.45, 2.75) is 6.18 Å². The van der Waals surface area contributed by atoms with Crippen molar-refractivity contribution in [3.63, 3.8) is 0 Å². The highest BCUT2D eigenvalue weighted by Gasteiger charge is 2.31. The molecule has 2 N–H and O–H groups in total. The summed E-state index contributed by atoms with van der Waals surface area (Å²) in [5.41, 5.74) is -2.03. The Labute approximate surface area is 116 Å². The average molecular weight is 300 g/mol. The van der Waals surface area contributed by atoms with E-state index >= 15 is 0 Å². The highest BCUT2D eigenvalue weighted by Crippen LogP contribution is 2.36. The quantitative estimate of drug-likeness (QED) is 0.827. The molecule has 2 aromatic carbocycles. The van der Waals surface area contributed by atoms with Gasteiger partial charge in [0.1, 0.15) is 11.6 Å². The molecular weight excluding hydrogens is 292 g/mol.